The fourth-order valence-electron chi connectivity index (χ4n) is 2.18. The topological polar surface area (TPSA) is 38.3 Å². The summed E-state index contributed by atoms with van der Waals surface area (Å²) in [6, 6.07) is 13.4. The normalized spacial score (nSPS) is 11.8. The number of aryl methyl sites for hydroxylation is 1. The van der Waals surface area contributed by atoms with Crippen LogP contribution < -0.4 is 10.1 Å². The van der Waals surface area contributed by atoms with E-state index in [0.717, 1.165) is 20.4 Å². The number of hydrogen-bond donors (Lipinski definition) is 1. The monoisotopic (exact) mass is 395 g/mol. The molecule has 2 rings (SSSR count). The Kier molecular flexibility index (Phi) is 5.22. The van der Waals surface area contributed by atoms with Gasteiger partial charge in [0.05, 0.1) is 18.7 Å². The summed E-state index contributed by atoms with van der Waals surface area (Å²) >= 11 is 2.19. The van der Waals surface area contributed by atoms with Crippen LogP contribution in [0.3, 0.4) is 0 Å². The van der Waals surface area contributed by atoms with Gasteiger partial charge in [-0.05, 0) is 54.6 Å². The summed E-state index contributed by atoms with van der Waals surface area (Å²) in [6.07, 6.45) is 0. The maximum atomic E-state index is 12.4. The molecule has 4 heteroatoms. The molecule has 1 atom stereocenters. The summed E-state index contributed by atoms with van der Waals surface area (Å²) in [6.45, 7) is 3.97. The molecule has 1 amide bonds. The Balaban J connectivity index is 2.19. The molecule has 2 aromatic rings. The zero-order valence-electron chi connectivity index (χ0n) is 12.3. The number of para-hydroxylation sites is 1. The van der Waals surface area contributed by atoms with E-state index in [9.17, 15) is 4.79 Å². The van der Waals surface area contributed by atoms with Crippen molar-refractivity contribution in [3.05, 3.63) is 62.7 Å². The van der Waals surface area contributed by atoms with Crippen LogP contribution in [0.5, 0.6) is 5.75 Å². The molecule has 3 nitrogen and oxygen atoms in total. The molecule has 0 heterocycles. The molecular weight excluding hydrogens is 377 g/mol. The summed E-state index contributed by atoms with van der Waals surface area (Å²) in [7, 11) is 1.64. The van der Waals surface area contributed by atoms with Gasteiger partial charge < -0.3 is 10.1 Å². The van der Waals surface area contributed by atoms with Crippen molar-refractivity contribution >= 4 is 28.5 Å². The average Bonchev–Trinajstić information content (AvgIpc) is 2.46. The third-order valence-corrected chi connectivity index (χ3v) is 4.21. The van der Waals surface area contributed by atoms with Crippen LogP contribution in [0, 0.1) is 10.5 Å². The predicted octanol–water partition coefficient (Wildman–Crippen LogP) is 4.10. The van der Waals surface area contributed by atoms with Gasteiger partial charge in [-0.3, -0.25) is 4.79 Å². The zero-order chi connectivity index (χ0) is 15.4. The molecule has 0 aliphatic rings. The van der Waals surface area contributed by atoms with E-state index in [4.69, 9.17) is 4.74 Å². The van der Waals surface area contributed by atoms with E-state index in [2.05, 4.69) is 27.9 Å². The van der Waals surface area contributed by atoms with E-state index < -0.39 is 0 Å². The van der Waals surface area contributed by atoms with Crippen molar-refractivity contribution in [2.75, 3.05) is 7.11 Å². The van der Waals surface area contributed by atoms with Gasteiger partial charge in [-0.25, -0.2) is 0 Å². The molecule has 0 unspecified atom stereocenters. The van der Waals surface area contributed by atoms with Crippen molar-refractivity contribution in [1.82, 2.24) is 5.32 Å². The van der Waals surface area contributed by atoms with Gasteiger partial charge >= 0.3 is 0 Å². The van der Waals surface area contributed by atoms with Crippen molar-refractivity contribution in [2.24, 2.45) is 0 Å². The lowest BCUT2D eigenvalue weighted by Gasteiger charge is -2.17. The highest BCUT2D eigenvalue weighted by Gasteiger charge is 2.16. The Hall–Kier alpha value is -1.56. The molecule has 2 aromatic carbocycles. The molecule has 0 aliphatic carbocycles. The van der Waals surface area contributed by atoms with Crippen LogP contribution in [-0.4, -0.2) is 13.0 Å². The van der Waals surface area contributed by atoms with E-state index in [1.165, 1.54) is 0 Å². The van der Waals surface area contributed by atoms with E-state index >= 15 is 0 Å². The van der Waals surface area contributed by atoms with E-state index in [1.54, 1.807) is 7.11 Å². The first-order valence-electron chi connectivity index (χ1n) is 6.73. The minimum Gasteiger partial charge on any atom is -0.496 e. The second kappa shape index (κ2) is 6.93. The number of hydrogen-bond acceptors (Lipinski definition) is 2. The summed E-state index contributed by atoms with van der Waals surface area (Å²) in [5.41, 5.74) is 2.81. The average molecular weight is 395 g/mol. The third kappa shape index (κ3) is 3.75. The number of amides is 1. The minimum absolute atomic E-state index is 0.0715. The molecule has 0 fully saturated rings. The van der Waals surface area contributed by atoms with Crippen LogP contribution >= 0.6 is 22.6 Å². The molecule has 21 heavy (non-hydrogen) atoms. The zero-order valence-corrected chi connectivity index (χ0v) is 14.5. The van der Waals surface area contributed by atoms with E-state index in [-0.39, 0.29) is 11.9 Å². The number of carbonyl (C=O) groups excluding carboxylic acids is 1. The molecule has 110 valence electrons. The first-order valence-corrected chi connectivity index (χ1v) is 7.80. The third-order valence-electron chi connectivity index (χ3n) is 3.32. The number of benzene rings is 2. The minimum atomic E-state index is -0.120. The SMILES string of the molecule is COc1ccccc1[C@H](C)NC(=O)c1ccc(C)cc1I. The predicted molar refractivity (Wildman–Crippen MR) is 92.8 cm³/mol. The van der Waals surface area contributed by atoms with Crippen LogP contribution in [0.2, 0.25) is 0 Å². The standard InChI is InChI=1S/C17H18INO2/c1-11-8-9-14(15(18)10-11)17(20)19-12(2)13-6-4-5-7-16(13)21-3/h4-10,12H,1-3H3,(H,19,20)/t12-/m0/s1. The maximum absolute atomic E-state index is 12.4. The number of carbonyl (C=O) groups is 1. The Labute approximate surface area is 138 Å². The lowest BCUT2D eigenvalue weighted by atomic mass is 10.1. The first kappa shape index (κ1) is 15.8. The van der Waals surface area contributed by atoms with Crippen molar-refractivity contribution < 1.29 is 9.53 Å². The molecule has 0 bridgehead atoms. The van der Waals surface area contributed by atoms with Crippen molar-refractivity contribution in [3.8, 4) is 5.75 Å². The maximum Gasteiger partial charge on any atom is 0.252 e. The molecule has 0 saturated carbocycles. The second-order valence-corrected chi connectivity index (χ2v) is 6.08. The van der Waals surface area contributed by atoms with Gasteiger partial charge in [-0.2, -0.15) is 0 Å². The summed E-state index contributed by atoms with van der Waals surface area (Å²) < 4.78 is 6.30. The van der Waals surface area contributed by atoms with Crippen LogP contribution in [0.25, 0.3) is 0 Å². The van der Waals surface area contributed by atoms with Gasteiger partial charge in [0.1, 0.15) is 5.75 Å². The first-order chi connectivity index (χ1) is 10.0. The van der Waals surface area contributed by atoms with Gasteiger partial charge in [0.25, 0.3) is 5.91 Å². The van der Waals surface area contributed by atoms with Crippen LogP contribution in [0.15, 0.2) is 42.5 Å². The van der Waals surface area contributed by atoms with Crippen molar-refractivity contribution in [3.63, 3.8) is 0 Å². The van der Waals surface area contributed by atoms with Gasteiger partial charge in [-0.15, -0.1) is 0 Å². The lowest BCUT2D eigenvalue weighted by molar-refractivity contribution is 0.0938. The van der Waals surface area contributed by atoms with Crippen molar-refractivity contribution in [2.45, 2.75) is 19.9 Å². The summed E-state index contributed by atoms with van der Waals surface area (Å²) in [5.74, 6) is 0.710. The fourth-order valence-corrected chi connectivity index (χ4v) is 3.10. The lowest BCUT2D eigenvalue weighted by Crippen LogP contribution is -2.27. The van der Waals surface area contributed by atoms with E-state index in [0.29, 0.717) is 5.56 Å². The molecule has 0 aromatic heterocycles. The highest BCUT2D eigenvalue weighted by atomic mass is 127. The van der Waals surface area contributed by atoms with Crippen molar-refractivity contribution in [1.29, 1.82) is 0 Å². The molecule has 0 saturated heterocycles. The number of rotatable bonds is 4. The molecule has 1 N–H and O–H groups in total. The van der Waals surface area contributed by atoms with E-state index in [1.807, 2.05) is 56.3 Å². The Bertz CT molecular complexity index is 655. The van der Waals surface area contributed by atoms with Crippen LogP contribution in [0.1, 0.15) is 34.5 Å². The second-order valence-electron chi connectivity index (χ2n) is 4.92. The Morgan fingerprint density at radius 3 is 2.62 bits per heavy atom. The molecular formula is C17H18INO2. The van der Waals surface area contributed by atoms with Gasteiger partial charge in [0.2, 0.25) is 0 Å². The van der Waals surface area contributed by atoms with Gasteiger partial charge in [0.15, 0.2) is 0 Å². The molecule has 0 aliphatic heterocycles. The fraction of sp³-hybridized carbons (Fsp3) is 0.235. The summed E-state index contributed by atoms with van der Waals surface area (Å²) in [5, 5.41) is 3.02. The quantitative estimate of drug-likeness (QED) is 0.792. The highest BCUT2D eigenvalue weighted by molar-refractivity contribution is 14.1. The highest BCUT2D eigenvalue weighted by Crippen LogP contribution is 2.25. The number of nitrogens with one attached hydrogen (secondary N) is 1. The van der Waals surface area contributed by atoms with Crippen LogP contribution in [0.4, 0.5) is 0 Å². The summed E-state index contributed by atoms with van der Waals surface area (Å²) in [4.78, 5) is 12.4. The van der Waals surface area contributed by atoms with Gasteiger partial charge in [0, 0.05) is 9.13 Å². The Morgan fingerprint density at radius 2 is 1.95 bits per heavy atom. The number of halogens is 1. The number of ether oxygens (including phenoxy) is 1. The molecule has 0 spiro atoms. The number of methoxy groups -OCH3 is 1. The van der Waals surface area contributed by atoms with Gasteiger partial charge in [-0.1, -0.05) is 29.8 Å². The van der Waals surface area contributed by atoms with Crippen LogP contribution in [-0.2, 0) is 0 Å². The largest absolute Gasteiger partial charge is 0.496 e. The smallest absolute Gasteiger partial charge is 0.252 e. The molecule has 0 radical (unpaired) electrons. The Morgan fingerprint density at radius 1 is 1.24 bits per heavy atom.